The Morgan fingerprint density at radius 1 is 1.21 bits per heavy atom. The monoisotopic (exact) mass is 266 g/mol. The fraction of sp³-hybridized carbons (Fsp3) is 0.600. The van der Waals surface area contributed by atoms with Gasteiger partial charge in [0.2, 0.25) is 0 Å². The first-order valence-corrected chi connectivity index (χ1v) is 7.06. The molecule has 1 fully saturated rings. The number of hydrogen-bond acceptors (Lipinski definition) is 3. The summed E-state index contributed by atoms with van der Waals surface area (Å²) in [7, 11) is 0. The van der Waals surface area contributed by atoms with Gasteiger partial charge >= 0.3 is 0 Å². The zero-order valence-corrected chi connectivity index (χ0v) is 11.3. The molecule has 0 bridgehead atoms. The van der Waals surface area contributed by atoms with Crippen LogP contribution in [0.25, 0.3) is 0 Å². The molecule has 0 aliphatic heterocycles. The summed E-state index contributed by atoms with van der Waals surface area (Å²) < 4.78 is 13.5. The molecule has 1 aliphatic carbocycles. The molecule has 0 amide bonds. The SMILES string of the molecule is NCc1cc(F)cc(CN(CCO)C2CCCC2)c1. The highest BCUT2D eigenvalue weighted by molar-refractivity contribution is 5.24. The van der Waals surface area contributed by atoms with Crippen LogP contribution in [-0.4, -0.2) is 29.2 Å². The van der Waals surface area contributed by atoms with Crippen LogP contribution in [0, 0.1) is 5.82 Å². The molecule has 1 aromatic rings. The lowest BCUT2D eigenvalue weighted by Crippen LogP contribution is -2.35. The maximum Gasteiger partial charge on any atom is 0.123 e. The topological polar surface area (TPSA) is 49.5 Å². The second-order valence-electron chi connectivity index (χ2n) is 5.30. The predicted octanol–water partition coefficient (Wildman–Crippen LogP) is 2.02. The lowest BCUT2D eigenvalue weighted by Gasteiger charge is -2.28. The number of nitrogens with zero attached hydrogens (tertiary/aromatic N) is 1. The van der Waals surface area contributed by atoms with E-state index >= 15 is 0 Å². The quantitative estimate of drug-likeness (QED) is 0.828. The minimum Gasteiger partial charge on any atom is -0.395 e. The van der Waals surface area contributed by atoms with Crippen molar-refractivity contribution in [2.75, 3.05) is 13.2 Å². The fourth-order valence-corrected chi connectivity index (χ4v) is 2.95. The molecular formula is C15H23FN2O. The molecular weight excluding hydrogens is 243 g/mol. The molecule has 0 heterocycles. The van der Waals surface area contributed by atoms with Crippen molar-refractivity contribution in [2.24, 2.45) is 5.73 Å². The molecule has 0 saturated heterocycles. The van der Waals surface area contributed by atoms with Crippen molar-refractivity contribution in [1.82, 2.24) is 4.90 Å². The van der Waals surface area contributed by atoms with Crippen LogP contribution in [0.3, 0.4) is 0 Å². The Balaban J connectivity index is 2.09. The van der Waals surface area contributed by atoms with Crippen LogP contribution in [-0.2, 0) is 13.1 Å². The third-order valence-corrected chi connectivity index (χ3v) is 3.87. The average molecular weight is 266 g/mol. The highest BCUT2D eigenvalue weighted by atomic mass is 19.1. The number of aliphatic hydroxyl groups is 1. The van der Waals surface area contributed by atoms with E-state index in [0.29, 0.717) is 25.7 Å². The van der Waals surface area contributed by atoms with Gasteiger partial charge in [-0.3, -0.25) is 4.90 Å². The maximum atomic E-state index is 13.5. The van der Waals surface area contributed by atoms with Gasteiger partial charge in [-0.15, -0.1) is 0 Å². The number of aliphatic hydroxyl groups excluding tert-OH is 1. The second kappa shape index (κ2) is 6.98. The van der Waals surface area contributed by atoms with E-state index in [-0.39, 0.29) is 12.4 Å². The van der Waals surface area contributed by atoms with Crippen LogP contribution >= 0.6 is 0 Å². The minimum absolute atomic E-state index is 0.148. The summed E-state index contributed by atoms with van der Waals surface area (Å²) >= 11 is 0. The molecule has 4 heteroatoms. The van der Waals surface area contributed by atoms with Crippen LogP contribution in [0.5, 0.6) is 0 Å². The van der Waals surface area contributed by atoms with Crippen molar-refractivity contribution in [3.8, 4) is 0 Å². The van der Waals surface area contributed by atoms with Crippen LogP contribution in [0.15, 0.2) is 18.2 Å². The normalized spacial score (nSPS) is 16.4. The van der Waals surface area contributed by atoms with E-state index in [9.17, 15) is 9.50 Å². The number of rotatable bonds is 6. The number of nitrogens with two attached hydrogens (primary N) is 1. The predicted molar refractivity (Wildman–Crippen MR) is 74.0 cm³/mol. The molecule has 0 radical (unpaired) electrons. The first kappa shape index (κ1) is 14.4. The van der Waals surface area contributed by atoms with E-state index in [1.807, 2.05) is 6.07 Å². The molecule has 19 heavy (non-hydrogen) atoms. The van der Waals surface area contributed by atoms with Crippen molar-refractivity contribution in [1.29, 1.82) is 0 Å². The third-order valence-electron chi connectivity index (χ3n) is 3.87. The Kier molecular flexibility index (Phi) is 5.31. The summed E-state index contributed by atoms with van der Waals surface area (Å²) in [4.78, 5) is 2.27. The molecule has 1 aliphatic rings. The smallest absolute Gasteiger partial charge is 0.123 e. The first-order chi connectivity index (χ1) is 9.22. The molecule has 0 unspecified atom stereocenters. The Morgan fingerprint density at radius 2 is 1.89 bits per heavy atom. The van der Waals surface area contributed by atoms with Crippen molar-refractivity contribution in [3.05, 3.63) is 35.1 Å². The van der Waals surface area contributed by atoms with Gasteiger partial charge in [-0.2, -0.15) is 0 Å². The number of halogens is 1. The standard InChI is InChI=1S/C15H23FN2O/c16-14-8-12(10-17)7-13(9-14)11-18(5-6-19)15-3-1-2-4-15/h7-9,15,19H,1-6,10-11,17H2. The molecule has 106 valence electrons. The summed E-state index contributed by atoms with van der Waals surface area (Å²) in [6.45, 7) is 1.85. The number of benzene rings is 1. The second-order valence-corrected chi connectivity index (χ2v) is 5.30. The zero-order chi connectivity index (χ0) is 13.7. The zero-order valence-electron chi connectivity index (χ0n) is 11.3. The van der Waals surface area contributed by atoms with Gasteiger partial charge in [0, 0.05) is 25.7 Å². The average Bonchev–Trinajstić information content (AvgIpc) is 2.91. The molecule has 1 saturated carbocycles. The minimum atomic E-state index is -0.228. The van der Waals surface area contributed by atoms with Crippen LogP contribution in [0.1, 0.15) is 36.8 Å². The largest absolute Gasteiger partial charge is 0.395 e. The van der Waals surface area contributed by atoms with E-state index in [1.54, 1.807) is 6.07 Å². The lowest BCUT2D eigenvalue weighted by molar-refractivity contribution is 0.144. The Morgan fingerprint density at radius 3 is 2.53 bits per heavy atom. The van der Waals surface area contributed by atoms with Gasteiger partial charge in [0.25, 0.3) is 0 Å². The Bertz CT molecular complexity index is 405. The number of hydrogen-bond donors (Lipinski definition) is 2. The molecule has 1 aromatic carbocycles. The highest BCUT2D eigenvalue weighted by Gasteiger charge is 2.22. The van der Waals surface area contributed by atoms with E-state index in [4.69, 9.17) is 5.73 Å². The van der Waals surface area contributed by atoms with Crippen molar-refractivity contribution in [2.45, 2.75) is 44.8 Å². The lowest BCUT2D eigenvalue weighted by atomic mass is 10.1. The van der Waals surface area contributed by atoms with Crippen molar-refractivity contribution in [3.63, 3.8) is 0 Å². The van der Waals surface area contributed by atoms with Gasteiger partial charge < -0.3 is 10.8 Å². The van der Waals surface area contributed by atoms with Gasteiger partial charge in [0.05, 0.1) is 6.61 Å². The molecule has 0 atom stereocenters. The molecule has 2 rings (SSSR count). The summed E-state index contributed by atoms with van der Waals surface area (Å²) in [5, 5.41) is 9.19. The van der Waals surface area contributed by atoms with Crippen LogP contribution in [0.2, 0.25) is 0 Å². The van der Waals surface area contributed by atoms with E-state index < -0.39 is 0 Å². The van der Waals surface area contributed by atoms with Gasteiger partial charge in [0.1, 0.15) is 5.82 Å². The molecule has 0 aromatic heterocycles. The van der Waals surface area contributed by atoms with Crippen LogP contribution in [0.4, 0.5) is 4.39 Å². The van der Waals surface area contributed by atoms with Gasteiger partial charge in [-0.25, -0.2) is 4.39 Å². The van der Waals surface area contributed by atoms with Gasteiger partial charge in [0.15, 0.2) is 0 Å². The molecule has 3 N–H and O–H groups in total. The Labute approximate surface area is 114 Å². The first-order valence-electron chi connectivity index (χ1n) is 7.06. The van der Waals surface area contributed by atoms with Crippen LogP contribution < -0.4 is 5.73 Å². The van der Waals surface area contributed by atoms with E-state index in [0.717, 1.165) is 11.1 Å². The fourth-order valence-electron chi connectivity index (χ4n) is 2.95. The highest BCUT2D eigenvalue weighted by Crippen LogP contribution is 2.25. The van der Waals surface area contributed by atoms with Gasteiger partial charge in [-0.1, -0.05) is 18.9 Å². The maximum absolute atomic E-state index is 13.5. The summed E-state index contributed by atoms with van der Waals surface area (Å²) in [6.07, 6.45) is 4.87. The molecule has 3 nitrogen and oxygen atoms in total. The molecule has 0 spiro atoms. The summed E-state index contributed by atoms with van der Waals surface area (Å²) in [5.41, 5.74) is 7.35. The summed E-state index contributed by atoms with van der Waals surface area (Å²) in [5.74, 6) is -0.228. The van der Waals surface area contributed by atoms with E-state index in [2.05, 4.69) is 4.90 Å². The van der Waals surface area contributed by atoms with Crippen molar-refractivity contribution >= 4 is 0 Å². The van der Waals surface area contributed by atoms with Gasteiger partial charge in [-0.05, 0) is 36.1 Å². The third kappa shape index (κ3) is 4.00. The Hall–Kier alpha value is -0.970. The van der Waals surface area contributed by atoms with E-state index in [1.165, 1.54) is 31.7 Å². The van der Waals surface area contributed by atoms with Crippen molar-refractivity contribution < 1.29 is 9.50 Å². The summed E-state index contributed by atoms with van der Waals surface area (Å²) in [6, 6.07) is 5.54.